The van der Waals surface area contributed by atoms with Crippen molar-refractivity contribution in [1.82, 2.24) is 4.90 Å². The molecular weight excluding hydrogens is 654 g/mol. The van der Waals surface area contributed by atoms with E-state index in [2.05, 4.69) is 0 Å². The number of rotatable bonds is 10. The highest BCUT2D eigenvalue weighted by atomic mass is 16.6. The van der Waals surface area contributed by atoms with Crippen LogP contribution >= 0.6 is 0 Å². The molecule has 12 heteroatoms. The van der Waals surface area contributed by atoms with Crippen LogP contribution in [0, 0.1) is 5.92 Å². The maximum atomic E-state index is 15.4. The first-order valence-electron chi connectivity index (χ1n) is 16.6. The van der Waals surface area contributed by atoms with Gasteiger partial charge in [-0.2, -0.15) is 0 Å². The summed E-state index contributed by atoms with van der Waals surface area (Å²) in [5, 5.41) is 9.34. The number of para-hydroxylation sites is 1. The first kappa shape index (κ1) is 33.9. The largest absolute Gasteiger partial charge is 0.491 e. The van der Waals surface area contributed by atoms with Gasteiger partial charge in [-0.3, -0.25) is 19.3 Å². The topological polar surface area (TPSA) is 158 Å². The number of ether oxygens (including phenoxy) is 4. The lowest BCUT2D eigenvalue weighted by Crippen LogP contribution is -2.55. The quantitative estimate of drug-likeness (QED) is 0.184. The van der Waals surface area contributed by atoms with Gasteiger partial charge in [0.1, 0.15) is 36.5 Å². The van der Waals surface area contributed by atoms with Crippen molar-refractivity contribution in [2.24, 2.45) is 11.7 Å². The Kier molecular flexibility index (Phi) is 9.30. The zero-order valence-electron chi connectivity index (χ0n) is 27.8. The van der Waals surface area contributed by atoms with Gasteiger partial charge in [0.05, 0.1) is 36.9 Å². The number of hydrogen-bond donors (Lipinski definition) is 2. The Balaban J connectivity index is 1.51. The predicted octanol–water partition coefficient (Wildman–Crippen LogP) is 3.99. The molecule has 4 aromatic rings. The van der Waals surface area contributed by atoms with E-state index >= 15 is 4.79 Å². The summed E-state index contributed by atoms with van der Waals surface area (Å²) in [4.78, 5) is 60.4. The maximum Gasteiger partial charge on any atom is 0.421 e. The molecule has 3 aliphatic heterocycles. The molecule has 0 aliphatic carbocycles. The summed E-state index contributed by atoms with van der Waals surface area (Å²) < 4.78 is 22.5. The third-order valence-corrected chi connectivity index (χ3v) is 9.92. The lowest BCUT2D eigenvalue weighted by Gasteiger charge is -2.46. The van der Waals surface area contributed by atoms with Crippen LogP contribution in [0.15, 0.2) is 109 Å². The van der Waals surface area contributed by atoms with Crippen molar-refractivity contribution in [1.29, 1.82) is 0 Å². The number of morpholine rings is 1. The van der Waals surface area contributed by atoms with Crippen molar-refractivity contribution in [2.45, 2.75) is 29.6 Å². The van der Waals surface area contributed by atoms with Gasteiger partial charge in [-0.25, -0.2) is 9.69 Å². The van der Waals surface area contributed by atoms with E-state index in [4.69, 9.17) is 24.7 Å². The van der Waals surface area contributed by atoms with Crippen molar-refractivity contribution in [3.8, 4) is 5.75 Å². The third-order valence-electron chi connectivity index (χ3n) is 9.92. The number of carbonyl (C=O) groups is 4. The molecular formula is C39H37N3O9. The van der Waals surface area contributed by atoms with E-state index in [-0.39, 0.29) is 32.1 Å². The highest BCUT2D eigenvalue weighted by Gasteiger charge is 2.75. The minimum Gasteiger partial charge on any atom is -0.491 e. The first-order chi connectivity index (χ1) is 24.8. The number of nitrogens with two attached hydrogens (primary N) is 1. The van der Waals surface area contributed by atoms with Crippen LogP contribution in [-0.2, 0) is 34.0 Å². The maximum absolute atomic E-state index is 15.4. The van der Waals surface area contributed by atoms with E-state index in [0.717, 1.165) is 10.5 Å². The lowest BCUT2D eigenvalue weighted by atomic mass is 9.65. The minimum absolute atomic E-state index is 0.0668. The number of benzene rings is 4. The van der Waals surface area contributed by atoms with Gasteiger partial charge in [0, 0.05) is 7.11 Å². The summed E-state index contributed by atoms with van der Waals surface area (Å²) in [6, 6.07) is 29.2. The van der Waals surface area contributed by atoms with Crippen LogP contribution in [0.3, 0.4) is 0 Å². The number of amides is 3. The van der Waals surface area contributed by atoms with Crippen molar-refractivity contribution in [2.75, 3.05) is 38.4 Å². The smallest absolute Gasteiger partial charge is 0.421 e. The van der Waals surface area contributed by atoms with E-state index in [9.17, 15) is 19.5 Å². The van der Waals surface area contributed by atoms with Gasteiger partial charge in [0.2, 0.25) is 11.8 Å². The number of aliphatic hydroxyl groups excluding tert-OH is 1. The van der Waals surface area contributed by atoms with Crippen molar-refractivity contribution >= 4 is 29.6 Å². The van der Waals surface area contributed by atoms with E-state index < -0.39 is 59.4 Å². The number of methoxy groups -OCH3 is 1. The number of carbonyl (C=O) groups excluding carboxylic acids is 4. The van der Waals surface area contributed by atoms with E-state index in [1.165, 1.54) is 7.11 Å². The van der Waals surface area contributed by atoms with E-state index in [1.807, 2.05) is 65.6 Å². The zero-order chi connectivity index (χ0) is 35.7. The second kappa shape index (κ2) is 14.0. The molecule has 4 aromatic carbocycles. The molecule has 2 saturated heterocycles. The van der Waals surface area contributed by atoms with Crippen molar-refractivity contribution < 1.29 is 43.2 Å². The summed E-state index contributed by atoms with van der Waals surface area (Å²) in [6.45, 7) is -0.148. The van der Waals surface area contributed by atoms with Crippen molar-refractivity contribution in [3.63, 3.8) is 0 Å². The van der Waals surface area contributed by atoms with Crippen LogP contribution in [-0.4, -0.2) is 73.5 Å². The van der Waals surface area contributed by atoms with Crippen LogP contribution in [0.4, 0.5) is 10.5 Å². The summed E-state index contributed by atoms with van der Waals surface area (Å²) >= 11 is 0. The van der Waals surface area contributed by atoms with Gasteiger partial charge in [0.15, 0.2) is 0 Å². The van der Waals surface area contributed by atoms with Crippen LogP contribution in [0.5, 0.6) is 5.75 Å². The molecule has 0 unspecified atom stereocenters. The number of nitrogens with zero attached hydrogens (tertiary/aromatic N) is 2. The number of aliphatic hydroxyl groups is 1. The fourth-order valence-corrected chi connectivity index (χ4v) is 8.06. The summed E-state index contributed by atoms with van der Waals surface area (Å²) in [6.07, 6.45) is -1.80. The SMILES string of the molecule is COCCOC(=O)N1C(=O)[C@@]2(c3ccccc31)[C@H](C(N)=O)[C@H]1C(=O)O[C@H](c3ccccc3)[C@H](c3ccccc3)N1[C@@H]2c1ccc(OCCO)cc1. The molecule has 262 valence electrons. The Hall–Kier alpha value is -5.56. The van der Waals surface area contributed by atoms with Gasteiger partial charge in [-0.1, -0.05) is 91.0 Å². The average molecular weight is 692 g/mol. The highest BCUT2D eigenvalue weighted by Crippen LogP contribution is 2.65. The number of cyclic esters (lactones) is 1. The Bertz CT molecular complexity index is 1920. The van der Waals surface area contributed by atoms with Gasteiger partial charge < -0.3 is 29.8 Å². The molecule has 0 saturated carbocycles. The molecule has 0 aromatic heterocycles. The fraction of sp³-hybridized carbons (Fsp3) is 0.282. The molecule has 3 N–H and O–H groups in total. The number of hydrogen-bond acceptors (Lipinski definition) is 10. The van der Waals surface area contributed by atoms with Gasteiger partial charge in [0.25, 0.3) is 0 Å². The second-order valence-corrected chi connectivity index (χ2v) is 12.6. The number of imide groups is 1. The molecule has 12 nitrogen and oxygen atoms in total. The van der Waals surface area contributed by atoms with Crippen molar-refractivity contribution in [3.05, 3.63) is 131 Å². The number of anilines is 1. The third kappa shape index (κ3) is 5.52. The molecule has 2 fully saturated rings. The zero-order valence-corrected chi connectivity index (χ0v) is 27.8. The minimum atomic E-state index is -1.89. The Morgan fingerprint density at radius 1 is 0.804 bits per heavy atom. The summed E-state index contributed by atoms with van der Waals surface area (Å²) in [5.74, 6) is -3.41. The molecule has 7 rings (SSSR count). The lowest BCUT2D eigenvalue weighted by molar-refractivity contribution is -0.178. The first-order valence-corrected chi connectivity index (χ1v) is 16.6. The average Bonchev–Trinajstić information content (AvgIpc) is 3.61. The Labute approximate surface area is 294 Å². The van der Waals surface area contributed by atoms with Gasteiger partial charge in [-0.15, -0.1) is 0 Å². The molecule has 0 radical (unpaired) electrons. The number of esters is 1. The Morgan fingerprint density at radius 3 is 2.10 bits per heavy atom. The van der Waals surface area contributed by atoms with Crippen LogP contribution < -0.4 is 15.4 Å². The standard InChI is InChI=1S/C39H37N3O9/c1-48-22-23-50-38(47)41-29-15-9-8-14-28(29)39(37(41)46)30(35(40)44)32-36(45)51-33(25-12-6-3-7-13-25)31(24-10-4-2-5-11-24)42(32)34(39)26-16-18-27(19-17-26)49-21-20-43/h2-19,30-34,43H,20-23H2,1H3,(H2,40,44)/t30-,31-,32-,33+,34+,39-/m0/s1. The van der Waals surface area contributed by atoms with E-state index in [1.54, 1.807) is 48.5 Å². The molecule has 6 atom stereocenters. The number of primary amides is 1. The number of fused-ring (bicyclic) bond motifs is 3. The van der Waals surface area contributed by atoms with Crippen LogP contribution in [0.1, 0.15) is 40.4 Å². The monoisotopic (exact) mass is 691 g/mol. The van der Waals surface area contributed by atoms with Gasteiger partial charge in [-0.05, 0) is 40.5 Å². The highest BCUT2D eigenvalue weighted by molar-refractivity contribution is 6.23. The van der Waals surface area contributed by atoms with E-state index in [0.29, 0.717) is 22.4 Å². The molecule has 51 heavy (non-hydrogen) atoms. The summed E-state index contributed by atoms with van der Waals surface area (Å²) in [7, 11) is 1.46. The normalized spacial score (nSPS) is 25.3. The molecule has 3 amide bonds. The summed E-state index contributed by atoms with van der Waals surface area (Å²) in [5.41, 5.74) is 7.00. The Morgan fingerprint density at radius 2 is 1.45 bits per heavy atom. The van der Waals surface area contributed by atoms with Gasteiger partial charge >= 0.3 is 12.1 Å². The fourth-order valence-electron chi connectivity index (χ4n) is 8.06. The second-order valence-electron chi connectivity index (χ2n) is 12.6. The predicted molar refractivity (Wildman–Crippen MR) is 183 cm³/mol. The molecule has 3 aliphatic rings. The van der Waals surface area contributed by atoms with Crippen LogP contribution in [0.25, 0.3) is 0 Å². The molecule has 3 heterocycles. The molecule has 0 bridgehead atoms. The molecule has 1 spiro atoms. The van der Waals surface area contributed by atoms with Crippen LogP contribution in [0.2, 0.25) is 0 Å².